The van der Waals surface area contributed by atoms with E-state index in [1.807, 2.05) is 6.07 Å². The van der Waals surface area contributed by atoms with Gasteiger partial charge in [0.2, 0.25) is 5.91 Å². The highest BCUT2D eigenvalue weighted by Crippen LogP contribution is 2.18. The topological polar surface area (TPSA) is 81.8 Å². The summed E-state index contributed by atoms with van der Waals surface area (Å²) in [5, 5.41) is 7.62. The van der Waals surface area contributed by atoms with Crippen molar-refractivity contribution >= 4 is 29.2 Å². The number of hydrogen-bond donors (Lipinski definition) is 2. The molecule has 3 rings (SSSR count). The summed E-state index contributed by atoms with van der Waals surface area (Å²) in [4.78, 5) is 40.9. The van der Waals surface area contributed by atoms with E-state index in [1.54, 1.807) is 25.2 Å². The van der Waals surface area contributed by atoms with Crippen LogP contribution in [0.15, 0.2) is 17.5 Å². The maximum Gasteiger partial charge on any atom is 0.325 e. The van der Waals surface area contributed by atoms with Gasteiger partial charge in [-0.15, -0.1) is 11.3 Å². The van der Waals surface area contributed by atoms with Crippen molar-refractivity contribution in [3.63, 3.8) is 0 Å². The number of amides is 4. The van der Waals surface area contributed by atoms with Gasteiger partial charge < -0.3 is 10.6 Å². The molecule has 2 N–H and O–H groups in total. The molecule has 2 aliphatic rings. The molecule has 1 aromatic rings. The normalized spacial score (nSPS) is 23.6. The third kappa shape index (κ3) is 4.19. The van der Waals surface area contributed by atoms with Crippen LogP contribution in [0.2, 0.25) is 0 Å². The van der Waals surface area contributed by atoms with E-state index in [2.05, 4.69) is 27.0 Å². The van der Waals surface area contributed by atoms with Crippen LogP contribution in [0.25, 0.3) is 0 Å². The van der Waals surface area contributed by atoms with Crippen LogP contribution in [-0.2, 0) is 16.1 Å². The van der Waals surface area contributed by atoms with Crippen LogP contribution in [-0.4, -0.2) is 58.9 Å². The largest absolute Gasteiger partial charge is 0.351 e. The van der Waals surface area contributed by atoms with Gasteiger partial charge in [0.15, 0.2) is 0 Å². The number of rotatable bonds is 5. The molecule has 1 atom stereocenters. The Hall–Kier alpha value is -1.93. The molecule has 1 aromatic heterocycles. The molecule has 0 spiro atoms. The minimum atomic E-state index is -0.945. The number of likely N-dealkylation sites (tertiary alicyclic amines) is 1. The zero-order chi connectivity index (χ0) is 18.0. The van der Waals surface area contributed by atoms with Crippen LogP contribution in [0, 0.1) is 0 Å². The van der Waals surface area contributed by atoms with Crippen LogP contribution in [0.3, 0.4) is 0 Å². The van der Waals surface area contributed by atoms with Gasteiger partial charge in [-0.2, -0.15) is 0 Å². The lowest BCUT2D eigenvalue weighted by atomic mass is 10.1. The van der Waals surface area contributed by atoms with E-state index >= 15 is 0 Å². The van der Waals surface area contributed by atoms with E-state index in [9.17, 15) is 14.4 Å². The molecule has 2 saturated heterocycles. The van der Waals surface area contributed by atoms with Gasteiger partial charge in [0.1, 0.15) is 12.1 Å². The molecule has 7 nitrogen and oxygen atoms in total. The lowest BCUT2D eigenvalue weighted by Gasteiger charge is -2.33. The monoisotopic (exact) mass is 364 g/mol. The number of urea groups is 1. The smallest absolute Gasteiger partial charge is 0.325 e. The van der Waals surface area contributed by atoms with Crippen molar-refractivity contribution in [1.29, 1.82) is 0 Å². The first-order valence-electron chi connectivity index (χ1n) is 8.53. The summed E-state index contributed by atoms with van der Waals surface area (Å²) in [6, 6.07) is 3.71. The maximum absolute atomic E-state index is 12.3. The lowest BCUT2D eigenvalue weighted by Crippen LogP contribution is -2.50. The van der Waals surface area contributed by atoms with E-state index in [0.29, 0.717) is 0 Å². The van der Waals surface area contributed by atoms with Crippen molar-refractivity contribution in [2.75, 3.05) is 19.6 Å². The quantitative estimate of drug-likeness (QED) is 0.768. The number of imide groups is 1. The van der Waals surface area contributed by atoms with Crippen molar-refractivity contribution in [3.8, 4) is 0 Å². The fraction of sp³-hybridized carbons (Fsp3) is 0.588. The Morgan fingerprint density at radius 1 is 1.44 bits per heavy atom. The third-order valence-electron chi connectivity index (χ3n) is 4.58. The van der Waals surface area contributed by atoms with Gasteiger partial charge in [0, 0.05) is 24.0 Å². The maximum atomic E-state index is 12.3. The van der Waals surface area contributed by atoms with Crippen LogP contribution in [0.1, 0.15) is 31.6 Å². The van der Waals surface area contributed by atoms with Gasteiger partial charge in [-0.1, -0.05) is 6.07 Å². The molecule has 2 aliphatic heterocycles. The van der Waals surface area contributed by atoms with Gasteiger partial charge in [0.25, 0.3) is 5.91 Å². The van der Waals surface area contributed by atoms with Crippen LogP contribution < -0.4 is 10.6 Å². The van der Waals surface area contributed by atoms with Crippen LogP contribution in [0.4, 0.5) is 4.79 Å². The van der Waals surface area contributed by atoms with Crippen molar-refractivity contribution in [2.24, 2.45) is 0 Å². The first kappa shape index (κ1) is 17.9. The Labute approximate surface area is 151 Å². The fourth-order valence-corrected chi connectivity index (χ4v) is 4.06. The molecule has 2 fully saturated rings. The highest BCUT2D eigenvalue weighted by Gasteiger charge is 2.45. The number of piperidine rings is 1. The second-order valence-corrected chi connectivity index (χ2v) is 8.20. The third-order valence-corrected chi connectivity index (χ3v) is 5.44. The van der Waals surface area contributed by atoms with E-state index < -0.39 is 11.6 Å². The van der Waals surface area contributed by atoms with Crippen molar-refractivity contribution < 1.29 is 14.4 Å². The summed E-state index contributed by atoms with van der Waals surface area (Å²) in [6.07, 6.45) is 1.94. The molecular formula is C17H24N4O3S. The average Bonchev–Trinajstić information content (AvgIpc) is 3.10. The number of nitrogens with zero attached hydrogens (tertiary/aromatic N) is 2. The Morgan fingerprint density at radius 2 is 2.24 bits per heavy atom. The van der Waals surface area contributed by atoms with E-state index in [1.165, 1.54) is 4.88 Å². The van der Waals surface area contributed by atoms with Crippen molar-refractivity contribution in [1.82, 2.24) is 20.4 Å². The van der Waals surface area contributed by atoms with Crippen molar-refractivity contribution in [2.45, 2.75) is 44.8 Å². The summed E-state index contributed by atoms with van der Waals surface area (Å²) >= 11 is 1.74. The number of carbonyl (C=O) groups is 3. The van der Waals surface area contributed by atoms with E-state index in [4.69, 9.17) is 0 Å². The lowest BCUT2D eigenvalue weighted by molar-refractivity contribution is -0.134. The van der Waals surface area contributed by atoms with Gasteiger partial charge in [-0.25, -0.2) is 4.79 Å². The Morgan fingerprint density at radius 3 is 2.88 bits per heavy atom. The Kier molecular flexibility index (Phi) is 5.10. The molecule has 0 bridgehead atoms. The highest BCUT2D eigenvalue weighted by molar-refractivity contribution is 7.09. The summed E-state index contributed by atoms with van der Waals surface area (Å²) in [5.74, 6) is -0.653. The summed E-state index contributed by atoms with van der Waals surface area (Å²) < 4.78 is 0. The number of thiophene rings is 1. The van der Waals surface area contributed by atoms with Gasteiger partial charge in [-0.3, -0.25) is 19.4 Å². The van der Waals surface area contributed by atoms with E-state index in [-0.39, 0.29) is 24.4 Å². The number of carbonyl (C=O) groups excluding carboxylic acids is 3. The predicted octanol–water partition coefficient (Wildman–Crippen LogP) is 1.16. The predicted molar refractivity (Wildman–Crippen MR) is 95.1 cm³/mol. The number of hydrogen-bond acceptors (Lipinski definition) is 5. The highest BCUT2D eigenvalue weighted by atomic mass is 32.1. The second kappa shape index (κ2) is 7.13. The molecule has 4 amide bonds. The minimum Gasteiger partial charge on any atom is -0.351 e. The van der Waals surface area contributed by atoms with Gasteiger partial charge in [0.05, 0.1) is 0 Å². The molecule has 0 aliphatic carbocycles. The molecule has 0 saturated carbocycles. The number of nitrogens with one attached hydrogen (secondary N) is 2. The second-order valence-electron chi connectivity index (χ2n) is 7.17. The molecular weight excluding hydrogens is 340 g/mol. The molecule has 3 heterocycles. The fourth-order valence-electron chi connectivity index (χ4n) is 3.32. The summed E-state index contributed by atoms with van der Waals surface area (Å²) in [6.45, 7) is 5.74. The Balaban J connectivity index is 1.51. The zero-order valence-corrected chi connectivity index (χ0v) is 15.4. The molecule has 0 radical (unpaired) electrons. The zero-order valence-electron chi connectivity index (χ0n) is 14.6. The van der Waals surface area contributed by atoms with Gasteiger partial charge >= 0.3 is 6.03 Å². The minimum absolute atomic E-state index is 0.0509. The Bertz CT molecular complexity index is 659. The molecule has 0 aromatic carbocycles. The molecule has 0 unspecified atom stereocenters. The SMILES string of the molecule is CC1(C)NC(=O)N(CC(=O)N[C@H]2CCCN(Cc3cccs3)C2)C1=O. The van der Waals surface area contributed by atoms with Gasteiger partial charge in [-0.05, 0) is 44.7 Å². The summed E-state index contributed by atoms with van der Waals surface area (Å²) in [7, 11) is 0. The molecule has 8 heteroatoms. The molecule has 136 valence electrons. The first-order valence-corrected chi connectivity index (χ1v) is 9.41. The molecule has 25 heavy (non-hydrogen) atoms. The van der Waals surface area contributed by atoms with Crippen molar-refractivity contribution in [3.05, 3.63) is 22.4 Å². The standard InChI is InChI=1S/C17H24N4O3S/c1-17(2)15(23)21(16(24)19-17)11-14(22)18-12-5-3-7-20(9-12)10-13-6-4-8-25-13/h4,6,8,12H,3,5,7,9-11H2,1-2H3,(H,18,22)(H,19,24)/t12-/m0/s1. The van der Waals surface area contributed by atoms with E-state index in [0.717, 1.165) is 37.4 Å². The van der Waals surface area contributed by atoms with Crippen LogP contribution in [0.5, 0.6) is 0 Å². The summed E-state index contributed by atoms with van der Waals surface area (Å²) in [5.41, 5.74) is -0.945. The first-order chi connectivity index (χ1) is 11.8. The average molecular weight is 364 g/mol. The van der Waals surface area contributed by atoms with Crippen LogP contribution >= 0.6 is 11.3 Å².